The van der Waals surface area contributed by atoms with Gasteiger partial charge in [-0.1, -0.05) is 11.3 Å². The molecular formula is C16H20N2O6S2. The summed E-state index contributed by atoms with van der Waals surface area (Å²) < 4.78 is 36.8. The summed E-state index contributed by atoms with van der Waals surface area (Å²) in [5.74, 6) is -0.0618. The number of hydrogen-bond donors (Lipinski definition) is 0. The number of aryl methyl sites for hydroxylation is 1. The van der Waals surface area contributed by atoms with Gasteiger partial charge in [-0.25, -0.2) is 12.7 Å². The van der Waals surface area contributed by atoms with Gasteiger partial charge in [-0.05, 0) is 31.2 Å². The second kappa shape index (κ2) is 8.47. The van der Waals surface area contributed by atoms with E-state index in [1.165, 1.54) is 42.9 Å². The summed E-state index contributed by atoms with van der Waals surface area (Å²) in [7, 11) is -0.564. The second-order valence-corrected chi connectivity index (χ2v) is 8.53. The second-order valence-electron chi connectivity index (χ2n) is 5.56. The lowest BCUT2D eigenvalue weighted by Gasteiger charge is -2.12. The maximum Gasteiger partial charge on any atom is 0.326 e. The number of thiazole rings is 1. The molecule has 0 unspecified atom stereocenters. The summed E-state index contributed by atoms with van der Waals surface area (Å²) in [4.78, 5) is 23.2. The van der Waals surface area contributed by atoms with Crippen LogP contribution in [0.3, 0.4) is 0 Å². The molecule has 0 atom stereocenters. The lowest BCUT2D eigenvalue weighted by atomic mass is 10.3. The molecule has 0 bridgehead atoms. The van der Waals surface area contributed by atoms with Crippen LogP contribution < -0.4 is 9.61 Å². The van der Waals surface area contributed by atoms with Crippen molar-refractivity contribution in [2.75, 3.05) is 27.3 Å². The third kappa shape index (κ3) is 4.93. The minimum absolute atomic E-state index is 0.0223. The van der Waals surface area contributed by atoms with Gasteiger partial charge in [0, 0.05) is 25.2 Å². The molecule has 2 rings (SSSR count). The molecule has 0 fully saturated rings. The van der Waals surface area contributed by atoms with Crippen molar-refractivity contribution in [1.29, 1.82) is 0 Å². The lowest BCUT2D eigenvalue weighted by Crippen LogP contribution is -2.23. The summed E-state index contributed by atoms with van der Waals surface area (Å²) in [5, 5.41) is 1.68. The van der Waals surface area contributed by atoms with Crippen molar-refractivity contribution in [3.8, 4) is 5.75 Å². The van der Waals surface area contributed by atoms with Gasteiger partial charge < -0.3 is 9.47 Å². The first-order valence-corrected chi connectivity index (χ1v) is 9.99. The Morgan fingerprint density at radius 3 is 2.38 bits per heavy atom. The van der Waals surface area contributed by atoms with E-state index < -0.39 is 16.0 Å². The average Bonchev–Trinajstić information content (AvgIpc) is 2.91. The van der Waals surface area contributed by atoms with Crippen molar-refractivity contribution < 1.29 is 22.7 Å². The van der Waals surface area contributed by atoms with E-state index in [9.17, 15) is 18.0 Å². The van der Waals surface area contributed by atoms with Crippen LogP contribution in [0.25, 0.3) is 0 Å². The Morgan fingerprint density at radius 1 is 1.19 bits per heavy atom. The Bertz CT molecular complexity index is 913. The van der Waals surface area contributed by atoms with E-state index in [1.54, 1.807) is 12.3 Å². The van der Waals surface area contributed by atoms with Gasteiger partial charge in [0.05, 0.1) is 4.90 Å². The monoisotopic (exact) mass is 400 g/mol. The molecule has 0 saturated heterocycles. The molecule has 0 aliphatic heterocycles. The summed E-state index contributed by atoms with van der Waals surface area (Å²) >= 11 is 1.03. The quantitative estimate of drug-likeness (QED) is 0.486. The third-order valence-electron chi connectivity index (χ3n) is 3.48. The highest BCUT2D eigenvalue weighted by Gasteiger charge is 2.16. The van der Waals surface area contributed by atoms with Crippen LogP contribution in [0.2, 0.25) is 0 Å². The summed E-state index contributed by atoms with van der Waals surface area (Å²) in [5.41, 5.74) is 0.709. The molecule has 0 spiro atoms. The van der Waals surface area contributed by atoms with Crippen molar-refractivity contribution in [2.45, 2.75) is 18.4 Å². The Balaban J connectivity index is 1.79. The van der Waals surface area contributed by atoms with E-state index in [0.29, 0.717) is 11.4 Å². The standard InChI is InChI=1S/C16H20N2O6S2/c1-12-11-25-16(20)18(12)10-15(19)24-9-8-23-13-4-6-14(7-5-13)26(21,22)17(2)3/h4-7,11H,8-10H2,1-3H3. The molecule has 1 heterocycles. The van der Waals surface area contributed by atoms with Gasteiger partial charge in [-0.15, -0.1) is 0 Å². The maximum atomic E-state index is 12.0. The molecular weight excluding hydrogens is 380 g/mol. The molecule has 0 N–H and O–H groups in total. The predicted molar refractivity (Wildman–Crippen MR) is 97.1 cm³/mol. The zero-order valence-corrected chi connectivity index (χ0v) is 16.3. The number of carbonyl (C=O) groups is 1. The van der Waals surface area contributed by atoms with Gasteiger partial charge >= 0.3 is 10.8 Å². The van der Waals surface area contributed by atoms with Crippen LogP contribution in [0.15, 0.2) is 39.3 Å². The number of nitrogens with zero attached hydrogens (tertiary/aromatic N) is 2. The smallest absolute Gasteiger partial charge is 0.326 e. The lowest BCUT2D eigenvalue weighted by molar-refractivity contribution is -0.145. The van der Waals surface area contributed by atoms with Crippen LogP contribution in [0.4, 0.5) is 0 Å². The fourth-order valence-corrected chi connectivity index (χ4v) is 3.64. The molecule has 1 aromatic carbocycles. The van der Waals surface area contributed by atoms with Gasteiger partial charge in [-0.2, -0.15) is 0 Å². The molecule has 0 radical (unpaired) electrons. The van der Waals surface area contributed by atoms with Gasteiger partial charge in [0.2, 0.25) is 10.0 Å². The normalized spacial score (nSPS) is 11.5. The van der Waals surface area contributed by atoms with Crippen LogP contribution >= 0.6 is 11.3 Å². The van der Waals surface area contributed by atoms with Gasteiger partial charge in [0.15, 0.2) is 0 Å². The largest absolute Gasteiger partial charge is 0.490 e. The van der Waals surface area contributed by atoms with Gasteiger partial charge in [0.25, 0.3) is 0 Å². The van der Waals surface area contributed by atoms with Gasteiger partial charge in [0.1, 0.15) is 25.5 Å². The fraction of sp³-hybridized carbons (Fsp3) is 0.375. The molecule has 26 heavy (non-hydrogen) atoms. The Labute approximate surface area is 155 Å². The Hall–Kier alpha value is -2.17. The summed E-state index contributed by atoms with van der Waals surface area (Å²) in [6.07, 6.45) is 0. The zero-order valence-electron chi connectivity index (χ0n) is 14.7. The average molecular weight is 400 g/mol. The minimum atomic E-state index is -3.48. The highest BCUT2D eigenvalue weighted by atomic mass is 32.2. The van der Waals surface area contributed by atoms with Crippen LogP contribution in [-0.2, 0) is 26.1 Å². The van der Waals surface area contributed by atoms with E-state index in [-0.39, 0.29) is 29.5 Å². The number of esters is 1. The Kier molecular flexibility index (Phi) is 6.57. The zero-order chi connectivity index (χ0) is 19.3. The predicted octanol–water partition coefficient (Wildman–Crippen LogP) is 1.09. The van der Waals surface area contributed by atoms with Crippen LogP contribution in [0.5, 0.6) is 5.75 Å². The molecule has 1 aromatic heterocycles. The van der Waals surface area contributed by atoms with Crippen molar-refractivity contribution >= 4 is 27.3 Å². The number of sulfonamides is 1. The van der Waals surface area contributed by atoms with Crippen molar-refractivity contribution in [3.63, 3.8) is 0 Å². The topological polar surface area (TPSA) is 94.9 Å². The molecule has 0 aliphatic carbocycles. The first kappa shape index (κ1) is 20.1. The Morgan fingerprint density at radius 2 is 1.85 bits per heavy atom. The number of aromatic nitrogens is 1. The van der Waals surface area contributed by atoms with E-state index in [0.717, 1.165) is 15.6 Å². The van der Waals surface area contributed by atoms with Crippen molar-refractivity contribution in [3.05, 3.63) is 45.0 Å². The van der Waals surface area contributed by atoms with Gasteiger partial charge in [-0.3, -0.25) is 14.2 Å². The minimum Gasteiger partial charge on any atom is -0.490 e. The highest BCUT2D eigenvalue weighted by Crippen LogP contribution is 2.18. The van der Waals surface area contributed by atoms with Crippen molar-refractivity contribution in [2.24, 2.45) is 0 Å². The number of ether oxygens (including phenoxy) is 2. The maximum absolute atomic E-state index is 12.0. The van der Waals surface area contributed by atoms with Crippen LogP contribution in [0.1, 0.15) is 5.69 Å². The number of benzene rings is 1. The first-order valence-electron chi connectivity index (χ1n) is 7.68. The molecule has 8 nitrogen and oxygen atoms in total. The molecule has 0 aliphatic rings. The fourth-order valence-electron chi connectivity index (χ4n) is 2.00. The molecule has 0 amide bonds. The van der Waals surface area contributed by atoms with Crippen molar-refractivity contribution in [1.82, 2.24) is 8.87 Å². The highest BCUT2D eigenvalue weighted by molar-refractivity contribution is 7.89. The number of rotatable bonds is 8. The third-order valence-corrected chi connectivity index (χ3v) is 6.19. The number of hydrogen-bond acceptors (Lipinski definition) is 7. The van der Waals surface area contributed by atoms with Crippen LogP contribution in [-0.4, -0.2) is 50.6 Å². The van der Waals surface area contributed by atoms with E-state index >= 15 is 0 Å². The molecule has 2 aromatic rings. The molecule has 142 valence electrons. The number of carbonyl (C=O) groups excluding carboxylic acids is 1. The SMILES string of the molecule is Cc1csc(=O)n1CC(=O)OCCOc1ccc(S(=O)(=O)N(C)C)cc1. The summed E-state index contributed by atoms with van der Waals surface area (Å²) in [6, 6.07) is 5.96. The molecule has 10 heteroatoms. The van der Waals surface area contributed by atoms with E-state index in [4.69, 9.17) is 9.47 Å². The summed E-state index contributed by atoms with van der Waals surface area (Å²) in [6.45, 7) is 1.75. The van der Waals surface area contributed by atoms with E-state index in [2.05, 4.69) is 0 Å². The first-order chi connectivity index (χ1) is 12.2. The van der Waals surface area contributed by atoms with Crippen LogP contribution in [0, 0.1) is 6.92 Å². The molecule has 0 saturated carbocycles. The van der Waals surface area contributed by atoms with E-state index in [1.807, 2.05) is 0 Å².